The van der Waals surface area contributed by atoms with Crippen molar-refractivity contribution in [1.29, 1.82) is 0 Å². The highest BCUT2D eigenvalue weighted by molar-refractivity contribution is 7.15. The summed E-state index contributed by atoms with van der Waals surface area (Å²) in [5.74, 6) is -1.99. The van der Waals surface area contributed by atoms with E-state index in [-0.39, 0.29) is 13.0 Å². The zero-order chi connectivity index (χ0) is 25.9. The van der Waals surface area contributed by atoms with Crippen LogP contribution in [0.2, 0.25) is 0 Å². The number of nitrogens with one attached hydrogen (secondary N) is 2. The predicted octanol–water partition coefficient (Wildman–Crippen LogP) is 5.84. The number of likely N-dealkylation sites (tertiary alicyclic amines) is 1. The number of fused-ring (bicyclic) bond motifs is 2. The number of aryl methyl sites for hydroxylation is 1. The van der Waals surface area contributed by atoms with Crippen LogP contribution in [0.15, 0.2) is 55.1 Å². The molecule has 0 amide bonds. The van der Waals surface area contributed by atoms with Crippen LogP contribution in [0.5, 0.6) is 0 Å². The summed E-state index contributed by atoms with van der Waals surface area (Å²) < 4.78 is 27.3. The smallest absolute Gasteiger partial charge is 0.261 e. The van der Waals surface area contributed by atoms with E-state index < -0.39 is 5.92 Å². The third-order valence-corrected chi connectivity index (χ3v) is 7.80. The summed E-state index contributed by atoms with van der Waals surface area (Å²) >= 11 is 1.68. The van der Waals surface area contributed by atoms with Crippen molar-refractivity contribution in [3.8, 4) is 33.3 Å². The molecule has 1 aliphatic heterocycles. The molecule has 1 fully saturated rings. The first-order chi connectivity index (χ1) is 18.4. The number of hydrogen-bond donors (Lipinski definition) is 2. The molecule has 0 bridgehead atoms. The van der Waals surface area contributed by atoms with Gasteiger partial charge in [-0.2, -0.15) is 5.10 Å². The monoisotopic (exact) mass is 528 g/mol. The van der Waals surface area contributed by atoms with Gasteiger partial charge in [0.25, 0.3) is 5.92 Å². The minimum absolute atomic E-state index is 0.103. The number of imidazole rings is 1. The highest BCUT2D eigenvalue weighted by atomic mass is 32.1. The molecule has 7 rings (SSSR count). The van der Waals surface area contributed by atoms with E-state index in [0.29, 0.717) is 30.3 Å². The Morgan fingerprint density at radius 3 is 2.79 bits per heavy atom. The third kappa shape index (κ3) is 4.13. The van der Waals surface area contributed by atoms with Crippen LogP contribution in [-0.4, -0.2) is 59.0 Å². The first-order valence-corrected chi connectivity index (χ1v) is 13.0. The van der Waals surface area contributed by atoms with Crippen molar-refractivity contribution >= 4 is 33.3 Å². The summed E-state index contributed by atoms with van der Waals surface area (Å²) in [4.78, 5) is 25.9. The van der Waals surface area contributed by atoms with Gasteiger partial charge in [-0.3, -0.25) is 25.0 Å². The number of halogens is 2. The van der Waals surface area contributed by atoms with Crippen molar-refractivity contribution in [3.63, 3.8) is 0 Å². The SMILES string of the molecule is Cc1ccc(-c2nccc3[nH]c(-c4n[nH]c5cnc(-c6cncc(CN7CCC(F)(F)C7)c6)cc45)nc23)s1. The zero-order valence-electron chi connectivity index (χ0n) is 20.4. The molecule has 0 unspecified atom stereocenters. The Kier molecular flexibility index (Phi) is 5.31. The standard InChI is InChI=1S/C27H22F2N8S/c1-15-2-3-22(38-15)25-24-19(4-6-31-25)33-26(34-24)23-18-9-20(32-12-21(18)35-36-23)17-8-16(10-30-11-17)13-37-7-5-27(28,29)14-37/h2-4,6,8-12H,5,7,13-14H2,1H3,(H,33,34)(H,35,36). The van der Waals surface area contributed by atoms with Gasteiger partial charge in [-0.05, 0) is 42.8 Å². The minimum Gasteiger partial charge on any atom is -0.336 e. The molecule has 0 saturated carbocycles. The molecule has 6 aromatic rings. The lowest BCUT2D eigenvalue weighted by Gasteiger charge is -2.15. The van der Waals surface area contributed by atoms with Crippen LogP contribution >= 0.6 is 11.3 Å². The van der Waals surface area contributed by atoms with Crippen LogP contribution < -0.4 is 0 Å². The van der Waals surface area contributed by atoms with E-state index in [0.717, 1.165) is 43.6 Å². The lowest BCUT2D eigenvalue weighted by molar-refractivity contribution is 0.0115. The average Bonchev–Trinajstić information content (AvgIpc) is 3.69. The Balaban J connectivity index is 1.24. The van der Waals surface area contributed by atoms with Crippen molar-refractivity contribution in [3.05, 3.63) is 65.6 Å². The fourth-order valence-corrected chi connectivity index (χ4v) is 5.82. The van der Waals surface area contributed by atoms with Gasteiger partial charge in [0.2, 0.25) is 0 Å². The predicted molar refractivity (Wildman–Crippen MR) is 143 cm³/mol. The summed E-state index contributed by atoms with van der Waals surface area (Å²) in [5.41, 5.74) is 6.36. The second-order valence-corrected chi connectivity index (χ2v) is 10.9. The van der Waals surface area contributed by atoms with Crippen LogP contribution in [0, 0.1) is 6.92 Å². The van der Waals surface area contributed by atoms with Gasteiger partial charge >= 0.3 is 0 Å². The molecular weight excluding hydrogens is 506 g/mol. The van der Waals surface area contributed by atoms with E-state index in [1.807, 2.05) is 18.2 Å². The quantitative estimate of drug-likeness (QED) is 0.292. The van der Waals surface area contributed by atoms with Gasteiger partial charge in [0.1, 0.15) is 16.9 Å². The largest absolute Gasteiger partial charge is 0.336 e. The molecule has 0 aliphatic carbocycles. The summed E-state index contributed by atoms with van der Waals surface area (Å²) in [5, 5.41) is 8.44. The zero-order valence-corrected chi connectivity index (χ0v) is 21.2. The number of alkyl halides is 2. The van der Waals surface area contributed by atoms with E-state index in [4.69, 9.17) is 4.98 Å². The number of pyridine rings is 3. The lowest BCUT2D eigenvalue weighted by atomic mass is 10.1. The number of thiophene rings is 1. The lowest BCUT2D eigenvalue weighted by Crippen LogP contribution is -2.24. The van der Waals surface area contributed by atoms with Gasteiger partial charge in [-0.15, -0.1) is 11.3 Å². The van der Waals surface area contributed by atoms with E-state index >= 15 is 0 Å². The molecule has 38 heavy (non-hydrogen) atoms. The molecule has 8 nitrogen and oxygen atoms in total. The summed E-state index contributed by atoms with van der Waals surface area (Å²) in [6.45, 7) is 2.65. The van der Waals surface area contributed by atoms with Gasteiger partial charge < -0.3 is 4.98 Å². The molecule has 1 aliphatic rings. The highest BCUT2D eigenvalue weighted by Gasteiger charge is 2.37. The number of aromatic nitrogens is 7. The number of hydrogen-bond acceptors (Lipinski definition) is 7. The molecule has 0 aromatic carbocycles. The molecule has 6 aromatic heterocycles. The maximum absolute atomic E-state index is 13.6. The van der Waals surface area contributed by atoms with Crippen molar-refractivity contribution in [2.45, 2.75) is 25.8 Å². The molecular formula is C27H22F2N8S. The molecule has 0 radical (unpaired) electrons. The number of rotatable bonds is 5. The molecule has 190 valence electrons. The van der Waals surface area contributed by atoms with Gasteiger partial charge in [0, 0.05) is 53.9 Å². The Morgan fingerprint density at radius 2 is 1.97 bits per heavy atom. The van der Waals surface area contributed by atoms with Crippen LogP contribution in [0.3, 0.4) is 0 Å². The Bertz CT molecular complexity index is 1800. The maximum atomic E-state index is 13.6. The minimum atomic E-state index is -2.62. The molecule has 7 heterocycles. The fraction of sp³-hybridized carbons (Fsp3) is 0.222. The third-order valence-electron chi connectivity index (χ3n) is 6.79. The second-order valence-electron chi connectivity index (χ2n) is 9.64. The normalized spacial score (nSPS) is 15.7. The Labute approximate surface area is 219 Å². The van der Waals surface area contributed by atoms with Crippen molar-refractivity contribution in [2.75, 3.05) is 13.1 Å². The number of aromatic amines is 2. The summed E-state index contributed by atoms with van der Waals surface area (Å²) in [6.07, 6.45) is 6.87. The first-order valence-electron chi connectivity index (χ1n) is 12.2. The fourth-order valence-electron chi connectivity index (χ4n) is 4.96. The molecule has 2 N–H and O–H groups in total. The molecule has 1 saturated heterocycles. The van der Waals surface area contributed by atoms with E-state index in [2.05, 4.69) is 49.2 Å². The number of H-pyrrole nitrogens is 2. The van der Waals surface area contributed by atoms with Gasteiger partial charge in [-0.1, -0.05) is 0 Å². The van der Waals surface area contributed by atoms with Crippen LogP contribution in [0.4, 0.5) is 8.78 Å². The highest BCUT2D eigenvalue weighted by Crippen LogP contribution is 2.34. The van der Waals surface area contributed by atoms with Gasteiger partial charge in [0.05, 0.1) is 34.3 Å². The maximum Gasteiger partial charge on any atom is 0.261 e. The summed E-state index contributed by atoms with van der Waals surface area (Å²) in [6, 6.07) is 9.96. The second kappa shape index (κ2) is 8.74. The van der Waals surface area contributed by atoms with E-state index in [9.17, 15) is 8.78 Å². The van der Waals surface area contributed by atoms with E-state index in [1.165, 1.54) is 4.88 Å². The van der Waals surface area contributed by atoms with Crippen LogP contribution in [0.1, 0.15) is 16.9 Å². The van der Waals surface area contributed by atoms with Crippen LogP contribution in [-0.2, 0) is 6.54 Å². The molecule has 0 spiro atoms. The Morgan fingerprint density at radius 1 is 1.05 bits per heavy atom. The van der Waals surface area contributed by atoms with Crippen molar-refractivity contribution < 1.29 is 8.78 Å². The summed E-state index contributed by atoms with van der Waals surface area (Å²) in [7, 11) is 0. The first kappa shape index (κ1) is 23.1. The van der Waals surface area contributed by atoms with Gasteiger partial charge in [-0.25, -0.2) is 13.8 Å². The van der Waals surface area contributed by atoms with Gasteiger partial charge in [0.15, 0.2) is 5.82 Å². The topological polar surface area (TPSA) is 99.3 Å². The Hall–Kier alpha value is -4.09. The molecule has 11 heteroatoms. The molecule has 0 atom stereocenters. The van der Waals surface area contributed by atoms with Crippen molar-refractivity contribution in [1.82, 2.24) is 40.0 Å². The van der Waals surface area contributed by atoms with Crippen molar-refractivity contribution in [2.24, 2.45) is 0 Å². The number of nitrogens with zero attached hydrogens (tertiary/aromatic N) is 6. The average molecular weight is 529 g/mol. The van der Waals surface area contributed by atoms with E-state index in [1.54, 1.807) is 41.0 Å². The van der Waals surface area contributed by atoms with Crippen LogP contribution in [0.25, 0.3) is 55.3 Å².